The lowest BCUT2D eigenvalue weighted by atomic mass is 10.0. The van der Waals surface area contributed by atoms with Gasteiger partial charge >= 0.3 is 0 Å². The number of halogens is 1. The lowest BCUT2D eigenvalue weighted by Gasteiger charge is -2.04. The van der Waals surface area contributed by atoms with Gasteiger partial charge in [-0.2, -0.15) is 5.26 Å². The van der Waals surface area contributed by atoms with Gasteiger partial charge in [0.05, 0.1) is 6.07 Å². The van der Waals surface area contributed by atoms with E-state index in [9.17, 15) is 4.79 Å². The maximum Gasteiger partial charge on any atom is 0.147 e. The Morgan fingerprint density at radius 2 is 2.43 bits per heavy atom. The predicted molar refractivity (Wildman–Crippen MR) is 55.4 cm³/mol. The van der Waals surface area contributed by atoms with Gasteiger partial charge in [-0.05, 0) is 35.0 Å². The number of hydrogen-bond acceptors (Lipinski definition) is 3. The van der Waals surface area contributed by atoms with Crippen LogP contribution in [0.15, 0.2) is 22.8 Å². The van der Waals surface area contributed by atoms with Crippen molar-refractivity contribution >= 4 is 21.7 Å². The van der Waals surface area contributed by atoms with E-state index in [0.717, 1.165) is 10.3 Å². The van der Waals surface area contributed by atoms with Gasteiger partial charge in [0.15, 0.2) is 0 Å². The van der Waals surface area contributed by atoms with E-state index in [1.807, 2.05) is 12.1 Å². The number of Topliss-reactive ketones (excluding diaryl/α,β-unsaturated/α-hetero) is 1. The van der Waals surface area contributed by atoms with Gasteiger partial charge in [-0.3, -0.25) is 4.79 Å². The summed E-state index contributed by atoms with van der Waals surface area (Å²) < 4.78 is 0.718. The monoisotopic (exact) mass is 252 g/mol. The summed E-state index contributed by atoms with van der Waals surface area (Å²) in [6, 6.07) is 7.41. The van der Waals surface area contributed by atoms with Crippen LogP contribution in [0.1, 0.15) is 12.6 Å². The van der Waals surface area contributed by atoms with Crippen molar-refractivity contribution in [3.05, 3.63) is 28.5 Å². The fourth-order valence-corrected chi connectivity index (χ4v) is 1.43. The number of aromatic nitrogens is 1. The van der Waals surface area contributed by atoms with E-state index in [1.54, 1.807) is 12.1 Å². The third-order valence-corrected chi connectivity index (χ3v) is 2.27. The summed E-state index contributed by atoms with van der Waals surface area (Å²) in [6.07, 6.45) is 0.380. The molecule has 0 amide bonds. The van der Waals surface area contributed by atoms with E-state index in [0.29, 0.717) is 6.42 Å². The molecule has 72 valence electrons. The summed E-state index contributed by atoms with van der Waals surface area (Å²) >= 11 is 3.23. The first-order valence-corrected chi connectivity index (χ1v) is 4.94. The lowest BCUT2D eigenvalue weighted by molar-refractivity contribution is -0.119. The third kappa shape index (κ3) is 2.93. The molecule has 0 aliphatic carbocycles. The zero-order valence-electron chi connectivity index (χ0n) is 7.70. The lowest BCUT2D eigenvalue weighted by Crippen LogP contribution is -2.12. The molecule has 3 nitrogen and oxygen atoms in total. The fourth-order valence-electron chi connectivity index (χ4n) is 1.05. The van der Waals surface area contributed by atoms with E-state index in [1.165, 1.54) is 6.92 Å². The number of ketones is 1. The van der Waals surface area contributed by atoms with Gasteiger partial charge in [-0.1, -0.05) is 6.07 Å². The predicted octanol–water partition coefficient (Wildman–Crippen LogP) is 2.12. The Balaban J connectivity index is 2.78. The van der Waals surface area contributed by atoms with Crippen molar-refractivity contribution in [2.75, 3.05) is 0 Å². The minimum absolute atomic E-state index is 0.116. The van der Waals surface area contributed by atoms with Gasteiger partial charge in [0, 0.05) is 12.1 Å². The van der Waals surface area contributed by atoms with Crippen molar-refractivity contribution in [3.8, 4) is 6.07 Å². The summed E-state index contributed by atoms with van der Waals surface area (Å²) in [4.78, 5) is 15.2. The standard InChI is InChI=1S/C10H9BrN2O/c1-7(14)8(6-12)5-9-3-2-4-10(11)13-9/h2-4,8H,5H2,1H3. The molecule has 14 heavy (non-hydrogen) atoms. The molecule has 1 heterocycles. The second-order valence-corrected chi connectivity index (χ2v) is 3.76. The van der Waals surface area contributed by atoms with E-state index < -0.39 is 5.92 Å². The first-order valence-electron chi connectivity index (χ1n) is 4.15. The Labute approximate surface area is 90.9 Å². The molecule has 0 aliphatic heterocycles. The molecule has 0 radical (unpaired) electrons. The molecule has 0 saturated carbocycles. The van der Waals surface area contributed by atoms with E-state index in [4.69, 9.17) is 5.26 Å². The van der Waals surface area contributed by atoms with E-state index >= 15 is 0 Å². The first-order chi connectivity index (χ1) is 6.63. The maximum absolute atomic E-state index is 11.0. The maximum atomic E-state index is 11.0. The molecule has 0 spiro atoms. The van der Waals surface area contributed by atoms with E-state index in [-0.39, 0.29) is 5.78 Å². The Kier molecular flexibility index (Phi) is 3.78. The Hall–Kier alpha value is -1.21. The minimum atomic E-state index is -0.586. The highest BCUT2D eigenvalue weighted by atomic mass is 79.9. The van der Waals surface area contributed by atoms with Crippen LogP contribution in [0, 0.1) is 17.2 Å². The number of pyridine rings is 1. The van der Waals surface area contributed by atoms with Gasteiger partial charge in [-0.15, -0.1) is 0 Å². The van der Waals surface area contributed by atoms with Crippen LogP contribution in [0.4, 0.5) is 0 Å². The molecule has 1 atom stereocenters. The Morgan fingerprint density at radius 1 is 1.71 bits per heavy atom. The molecule has 0 fully saturated rings. The van der Waals surface area contributed by atoms with Crippen LogP contribution < -0.4 is 0 Å². The molecular weight excluding hydrogens is 244 g/mol. The van der Waals surface area contributed by atoms with Gasteiger partial charge in [0.1, 0.15) is 16.3 Å². The van der Waals surface area contributed by atoms with Crippen molar-refractivity contribution in [2.24, 2.45) is 5.92 Å². The second-order valence-electron chi connectivity index (χ2n) is 2.95. The molecule has 0 N–H and O–H groups in total. The minimum Gasteiger partial charge on any atom is -0.299 e. The number of carbonyl (C=O) groups excluding carboxylic acids is 1. The normalized spacial score (nSPS) is 11.8. The number of rotatable bonds is 3. The Morgan fingerprint density at radius 3 is 2.93 bits per heavy atom. The van der Waals surface area contributed by atoms with Crippen molar-refractivity contribution < 1.29 is 4.79 Å². The highest BCUT2D eigenvalue weighted by Gasteiger charge is 2.14. The number of hydrogen-bond donors (Lipinski definition) is 0. The second kappa shape index (κ2) is 4.87. The van der Waals surface area contributed by atoms with E-state index in [2.05, 4.69) is 20.9 Å². The average molecular weight is 253 g/mol. The highest BCUT2D eigenvalue weighted by molar-refractivity contribution is 9.10. The number of carbonyl (C=O) groups is 1. The van der Waals surface area contributed by atoms with Crippen LogP contribution in [0.2, 0.25) is 0 Å². The van der Waals surface area contributed by atoms with Crippen LogP contribution in [0.25, 0.3) is 0 Å². The first kappa shape index (κ1) is 10.9. The molecule has 1 aromatic rings. The molecule has 1 rings (SSSR count). The third-order valence-electron chi connectivity index (χ3n) is 1.83. The summed E-state index contributed by atoms with van der Waals surface area (Å²) in [5.74, 6) is -0.703. The van der Waals surface area contributed by atoms with Crippen molar-refractivity contribution in [3.63, 3.8) is 0 Å². The van der Waals surface area contributed by atoms with Crippen molar-refractivity contribution in [2.45, 2.75) is 13.3 Å². The summed E-state index contributed by atoms with van der Waals surface area (Å²) in [5.41, 5.74) is 0.751. The molecule has 0 aliphatic rings. The summed E-state index contributed by atoms with van der Waals surface area (Å²) in [5, 5.41) is 8.72. The van der Waals surface area contributed by atoms with Gasteiger partial charge in [0.25, 0.3) is 0 Å². The fraction of sp³-hybridized carbons (Fsp3) is 0.300. The number of nitrogens with zero attached hydrogens (tertiary/aromatic N) is 2. The van der Waals surface area contributed by atoms with Gasteiger partial charge in [0.2, 0.25) is 0 Å². The highest BCUT2D eigenvalue weighted by Crippen LogP contribution is 2.11. The molecule has 0 saturated heterocycles. The average Bonchev–Trinajstić information content (AvgIpc) is 2.14. The molecule has 0 bridgehead atoms. The zero-order chi connectivity index (χ0) is 10.6. The van der Waals surface area contributed by atoms with Gasteiger partial charge in [-0.25, -0.2) is 4.98 Å². The largest absolute Gasteiger partial charge is 0.299 e. The smallest absolute Gasteiger partial charge is 0.147 e. The molecule has 1 aromatic heterocycles. The van der Waals surface area contributed by atoms with Crippen LogP contribution in [-0.4, -0.2) is 10.8 Å². The van der Waals surface area contributed by atoms with Crippen LogP contribution in [0.5, 0.6) is 0 Å². The van der Waals surface area contributed by atoms with Crippen LogP contribution >= 0.6 is 15.9 Å². The summed E-state index contributed by atoms with van der Waals surface area (Å²) in [7, 11) is 0. The van der Waals surface area contributed by atoms with Crippen LogP contribution in [0.3, 0.4) is 0 Å². The summed E-state index contributed by atoms with van der Waals surface area (Å²) in [6.45, 7) is 1.42. The number of nitriles is 1. The molecular formula is C10H9BrN2O. The van der Waals surface area contributed by atoms with Crippen molar-refractivity contribution in [1.82, 2.24) is 4.98 Å². The van der Waals surface area contributed by atoms with Crippen LogP contribution in [-0.2, 0) is 11.2 Å². The SMILES string of the molecule is CC(=O)C(C#N)Cc1cccc(Br)n1. The van der Waals surface area contributed by atoms with Gasteiger partial charge < -0.3 is 0 Å². The molecule has 0 aromatic carbocycles. The topological polar surface area (TPSA) is 53.8 Å². The quantitative estimate of drug-likeness (QED) is 0.775. The molecule has 1 unspecified atom stereocenters. The molecule has 4 heteroatoms. The van der Waals surface area contributed by atoms with Crippen molar-refractivity contribution in [1.29, 1.82) is 5.26 Å². The zero-order valence-corrected chi connectivity index (χ0v) is 9.28. The Bertz CT molecular complexity index is 384.